The number of carbonyl (C=O) groups excluding carboxylic acids is 1. The second-order valence-electron chi connectivity index (χ2n) is 8.66. The van der Waals surface area contributed by atoms with E-state index < -0.39 is 0 Å². The van der Waals surface area contributed by atoms with Crippen LogP contribution in [0, 0.1) is 0 Å². The van der Waals surface area contributed by atoms with Gasteiger partial charge in [-0.25, -0.2) is 0 Å². The Bertz CT molecular complexity index is 884. The highest BCUT2D eigenvalue weighted by Gasteiger charge is 2.33. The van der Waals surface area contributed by atoms with Gasteiger partial charge in [0, 0.05) is 30.8 Å². The van der Waals surface area contributed by atoms with Crippen LogP contribution in [0.5, 0.6) is 17.2 Å². The maximum Gasteiger partial charge on any atom is 0.254 e. The first-order valence-electron chi connectivity index (χ1n) is 11.6. The summed E-state index contributed by atoms with van der Waals surface area (Å²) in [5.41, 5.74) is 1.66. The van der Waals surface area contributed by atoms with E-state index in [9.17, 15) is 4.79 Å². The lowest BCUT2D eigenvalue weighted by molar-refractivity contribution is 0.0729. The van der Waals surface area contributed by atoms with Gasteiger partial charge in [-0.1, -0.05) is 18.6 Å². The number of hydrogen-bond acceptors (Lipinski definition) is 5. The Morgan fingerprint density at radius 1 is 0.969 bits per heavy atom. The summed E-state index contributed by atoms with van der Waals surface area (Å²) in [4.78, 5) is 17.8. The number of ether oxygens (including phenoxy) is 3. The fourth-order valence-corrected chi connectivity index (χ4v) is 4.26. The molecule has 0 aromatic heterocycles. The van der Waals surface area contributed by atoms with Gasteiger partial charge in [-0.15, -0.1) is 0 Å². The van der Waals surface area contributed by atoms with Crippen LogP contribution in [0.1, 0.15) is 48.0 Å². The molecule has 2 fully saturated rings. The normalized spacial score (nSPS) is 16.4. The molecule has 1 saturated carbocycles. The highest BCUT2D eigenvalue weighted by molar-refractivity contribution is 5.95. The van der Waals surface area contributed by atoms with E-state index in [1.807, 2.05) is 17.0 Å². The van der Waals surface area contributed by atoms with E-state index in [-0.39, 0.29) is 11.9 Å². The third kappa shape index (κ3) is 5.94. The second kappa shape index (κ2) is 10.7. The third-order valence-electron chi connectivity index (χ3n) is 6.22. The second-order valence-corrected chi connectivity index (χ2v) is 8.66. The largest absolute Gasteiger partial charge is 0.497 e. The number of carbonyl (C=O) groups is 1. The van der Waals surface area contributed by atoms with Crippen molar-refractivity contribution in [3.63, 3.8) is 0 Å². The van der Waals surface area contributed by atoms with E-state index >= 15 is 0 Å². The van der Waals surface area contributed by atoms with Crippen molar-refractivity contribution in [2.45, 2.75) is 44.7 Å². The summed E-state index contributed by atoms with van der Waals surface area (Å²) in [5.74, 6) is 2.10. The van der Waals surface area contributed by atoms with Gasteiger partial charge >= 0.3 is 0 Å². The summed E-state index contributed by atoms with van der Waals surface area (Å²) in [6, 6.07) is 13.7. The van der Waals surface area contributed by atoms with Gasteiger partial charge in [0.05, 0.1) is 14.2 Å². The average molecular weight is 439 g/mol. The smallest absolute Gasteiger partial charge is 0.254 e. The van der Waals surface area contributed by atoms with Crippen molar-refractivity contribution in [3.8, 4) is 17.2 Å². The molecule has 0 unspecified atom stereocenters. The average Bonchev–Trinajstić information content (AvgIpc) is 3.68. The zero-order valence-corrected chi connectivity index (χ0v) is 19.2. The van der Waals surface area contributed by atoms with E-state index in [0.29, 0.717) is 30.2 Å². The van der Waals surface area contributed by atoms with Crippen molar-refractivity contribution in [1.82, 2.24) is 9.80 Å². The van der Waals surface area contributed by atoms with Crippen molar-refractivity contribution < 1.29 is 19.0 Å². The number of rotatable bonds is 10. The fourth-order valence-electron chi connectivity index (χ4n) is 4.26. The van der Waals surface area contributed by atoms with Gasteiger partial charge in [0.25, 0.3) is 5.91 Å². The molecular formula is C26H34N2O4. The summed E-state index contributed by atoms with van der Waals surface area (Å²) in [5, 5.41) is 0. The molecule has 1 heterocycles. The van der Waals surface area contributed by atoms with Gasteiger partial charge in [0.1, 0.15) is 23.9 Å². The van der Waals surface area contributed by atoms with Crippen molar-refractivity contribution in [3.05, 3.63) is 53.6 Å². The lowest BCUT2D eigenvalue weighted by atomic mass is 10.1. The molecule has 1 aliphatic heterocycles. The molecule has 6 nitrogen and oxygen atoms in total. The van der Waals surface area contributed by atoms with Gasteiger partial charge in [-0.05, 0) is 68.6 Å². The number of piperidine rings is 1. The molecule has 0 atom stereocenters. The Kier molecular flexibility index (Phi) is 7.53. The van der Waals surface area contributed by atoms with Crippen LogP contribution in [0.25, 0.3) is 0 Å². The molecule has 4 rings (SSSR count). The number of methoxy groups -OCH3 is 2. The molecule has 2 aromatic rings. The molecule has 172 valence electrons. The lowest BCUT2D eigenvalue weighted by Gasteiger charge is -2.26. The van der Waals surface area contributed by atoms with Crippen LogP contribution in [0.15, 0.2) is 42.5 Å². The number of amides is 1. The van der Waals surface area contributed by atoms with E-state index in [2.05, 4.69) is 17.0 Å². The highest BCUT2D eigenvalue weighted by atomic mass is 16.5. The predicted molar refractivity (Wildman–Crippen MR) is 125 cm³/mol. The van der Waals surface area contributed by atoms with Gasteiger partial charge in [0.2, 0.25) is 0 Å². The molecular weight excluding hydrogens is 404 g/mol. The van der Waals surface area contributed by atoms with Crippen LogP contribution in [-0.4, -0.2) is 62.2 Å². The summed E-state index contributed by atoms with van der Waals surface area (Å²) in [6.07, 6.45) is 6.01. The molecule has 1 saturated heterocycles. The molecule has 2 aromatic carbocycles. The molecule has 2 aliphatic rings. The lowest BCUT2D eigenvalue weighted by Crippen LogP contribution is -2.33. The topological polar surface area (TPSA) is 51.2 Å². The minimum Gasteiger partial charge on any atom is -0.497 e. The minimum atomic E-state index is 0.00104. The maximum atomic E-state index is 13.4. The molecule has 0 N–H and O–H groups in total. The number of benzene rings is 2. The monoisotopic (exact) mass is 438 g/mol. The van der Waals surface area contributed by atoms with Gasteiger partial charge in [-0.3, -0.25) is 9.69 Å². The molecule has 1 amide bonds. The quantitative estimate of drug-likeness (QED) is 0.551. The number of likely N-dealkylation sites (tertiary alicyclic amines) is 1. The van der Waals surface area contributed by atoms with Crippen molar-refractivity contribution in [2.24, 2.45) is 0 Å². The Labute approximate surface area is 191 Å². The third-order valence-corrected chi connectivity index (χ3v) is 6.22. The summed E-state index contributed by atoms with van der Waals surface area (Å²) in [6.45, 7) is 4.58. The zero-order chi connectivity index (χ0) is 22.3. The predicted octanol–water partition coefficient (Wildman–Crippen LogP) is 4.37. The van der Waals surface area contributed by atoms with Crippen LogP contribution >= 0.6 is 0 Å². The molecule has 0 radical (unpaired) electrons. The molecule has 0 spiro atoms. The Morgan fingerprint density at radius 2 is 1.69 bits per heavy atom. The van der Waals surface area contributed by atoms with Crippen LogP contribution < -0.4 is 14.2 Å². The molecule has 1 aliphatic carbocycles. The molecule has 32 heavy (non-hydrogen) atoms. The van der Waals surface area contributed by atoms with E-state index in [1.165, 1.54) is 32.4 Å². The maximum absolute atomic E-state index is 13.4. The van der Waals surface area contributed by atoms with Crippen LogP contribution in [0.4, 0.5) is 0 Å². The number of hydrogen-bond donors (Lipinski definition) is 0. The molecule has 6 heteroatoms. The summed E-state index contributed by atoms with van der Waals surface area (Å²) >= 11 is 0. The summed E-state index contributed by atoms with van der Waals surface area (Å²) < 4.78 is 16.7. The van der Waals surface area contributed by atoms with E-state index in [0.717, 1.165) is 30.7 Å². The van der Waals surface area contributed by atoms with Crippen LogP contribution in [0.2, 0.25) is 0 Å². The van der Waals surface area contributed by atoms with Gasteiger partial charge in [-0.2, -0.15) is 0 Å². The van der Waals surface area contributed by atoms with Crippen LogP contribution in [-0.2, 0) is 6.54 Å². The standard InChI is InChI=1S/C26H34N2O4/c1-30-24-16-21(17-25(18-24)31-2)26(29)28(22-9-10-22)19-20-7-6-8-23(15-20)32-14-13-27-11-4-3-5-12-27/h6-8,15-18,22H,3-5,9-14,19H2,1-2H3. The Balaban J connectivity index is 1.41. The van der Waals surface area contributed by atoms with Gasteiger partial charge < -0.3 is 19.1 Å². The van der Waals surface area contributed by atoms with Gasteiger partial charge in [0.15, 0.2) is 0 Å². The van der Waals surface area contributed by atoms with Crippen molar-refractivity contribution >= 4 is 5.91 Å². The Morgan fingerprint density at radius 3 is 2.34 bits per heavy atom. The van der Waals surface area contributed by atoms with Crippen molar-refractivity contribution in [1.29, 1.82) is 0 Å². The van der Waals surface area contributed by atoms with Crippen LogP contribution in [0.3, 0.4) is 0 Å². The van der Waals surface area contributed by atoms with Crippen molar-refractivity contribution in [2.75, 3.05) is 40.5 Å². The first-order chi connectivity index (χ1) is 15.7. The SMILES string of the molecule is COc1cc(OC)cc(C(=O)N(Cc2cccc(OCCN3CCCCC3)c2)C2CC2)c1. The molecule has 0 bridgehead atoms. The fraction of sp³-hybridized carbons (Fsp3) is 0.500. The number of nitrogens with zero attached hydrogens (tertiary/aromatic N) is 2. The Hall–Kier alpha value is -2.73. The highest BCUT2D eigenvalue weighted by Crippen LogP contribution is 2.32. The van der Waals surface area contributed by atoms with E-state index in [1.54, 1.807) is 32.4 Å². The summed E-state index contributed by atoms with van der Waals surface area (Å²) in [7, 11) is 3.19. The zero-order valence-electron chi connectivity index (χ0n) is 19.2. The first-order valence-corrected chi connectivity index (χ1v) is 11.6. The van der Waals surface area contributed by atoms with E-state index in [4.69, 9.17) is 14.2 Å². The minimum absolute atomic E-state index is 0.00104. The first kappa shape index (κ1) is 22.5.